The summed E-state index contributed by atoms with van der Waals surface area (Å²) in [4.78, 5) is 0. The molecule has 3 N–H and O–H groups in total. The highest BCUT2D eigenvalue weighted by atomic mass is 32.2. The zero-order chi connectivity index (χ0) is 27.7. The molecule has 7 nitrogen and oxygen atoms in total. The number of rotatable bonds is 13. The third-order valence-corrected chi connectivity index (χ3v) is 7.51. The average Bonchev–Trinajstić information content (AvgIpc) is 2.96. The fourth-order valence-electron chi connectivity index (χ4n) is 4.27. The molecule has 0 spiro atoms. The molecule has 0 heterocycles. The van der Waals surface area contributed by atoms with Crippen LogP contribution in [0.2, 0.25) is 0 Å². The fourth-order valence-corrected chi connectivity index (χ4v) is 5.15. The Morgan fingerprint density at radius 2 is 1.41 bits per heavy atom. The van der Waals surface area contributed by atoms with Gasteiger partial charge in [-0.3, -0.25) is 4.31 Å². The van der Waals surface area contributed by atoms with Crippen LogP contribution >= 0.6 is 0 Å². The van der Waals surface area contributed by atoms with Crippen LogP contribution in [0.5, 0.6) is 5.75 Å². The summed E-state index contributed by atoms with van der Waals surface area (Å²) in [6.45, 7) is 0.393. The van der Waals surface area contributed by atoms with Gasteiger partial charge in [0.05, 0.1) is 37.2 Å². The van der Waals surface area contributed by atoms with Gasteiger partial charge in [0, 0.05) is 6.54 Å². The fraction of sp³-hybridized carbons (Fsp3) is 0.226. The highest BCUT2D eigenvalue weighted by Crippen LogP contribution is 2.35. The molecule has 0 bridgehead atoms. The van der Waals surface area contributed by atoms with Crippen molar-refractivity contribution in [1.82, 2.24) is 5.32 Å². The minimum absolute atomic E-state index is 0.111. The van der Waals surface area contributed by atoms with Crippen molar-refractivity contribution in [1.29, 1.82) is 0 Å². The Labute approximate surface area is 230 Å². The maximum atomic E-state index is 13.0. The molecule has 4 aromatic rings. The van der Waals surface area contributed by atoms with Crippen molar-refractivity contribution in [3.8, 4) is 5.75 Å². The van der Waals surface area contributed by atoms with Gasteiger partial charge in [0.25, 0.3) is 0 Å². The number of nitrogens with one attached hydrogen (secondary N) is 1. The average molecular weight is 547 g/mol. The van der Waals surface area contributed by atoms with Crippen LogP contribution in [0, 0.1) is 0 Å². The number of hydrogen-bond donors (Lipinski definition) is 3. The number of sulfonamides is 1. The lowest BCUT2D eigenvalue weighted by Gasteiger charge is -2.26. The number of aliphatic hydroxyl groups is 2. The second kappa shape index (κ2) is 13.4. The van der Waals surface area contributed by atoms with Crippen LogP contribution in [0.4, 0.5) is 5.69 Å². The molecule has 4 aromatic carbocycles. The molecule has 0 aliphatic carbocycles. The van der Waals surface area contributed by atoms with Crippen LogP contribution in [0.3, 0.4) is 0 Å². The summed E-state index contributed by atoms with van der Waals surface area (Å²) in [5.74, 6) is 0.390. The van der Waals surface area contributed by atoms with Crippen molar-refractivity contribution < 1.29 is 23.4 Å². The minimum atomic E-state index is -3.71. The first-order valence-electron chi connectivity index (χ1n) is 12.7. The van der Waals surface area contributed by atoms with E-state index in [4.69, 9.17) is 4.74 Å². The number of hydrogen-bond acceptors (Lipinski definition) is 6. The Kier molecular flexibility index (Phi) is 9.73. The van der Waals surface area contributed by atoms with Crippen molar-refractivity contribution in [2.24, 2.45) is 0 Å². The van der Waals surface area contributed by atoms with E-state index in [1.165, 1.54) is 4.31 Å². The summed E-state index contributed by atoms with van der Waals surface area (Å²) in [7, 11) is -3.71. The van der Waals surface area contributed by atoms with Gasteiger partial charge in [-0.1, -0.05) is 97.1 Å². The van der Waals surface area contributed by atoms with Gasteiger partial charge in [-0.2, -0.15) is 0 Å². The van der Waals surface area contributed by atoms with Crippen LogP contribution in [0.15, 0.2) is 109 Å². The molecule has 204 valence electrons. The largest absolute Gasteiger partial charge is 0.487 e. The van der Waals surface area contributed by atoms with E-state index in [1.807, 2.05) is 91.0 Å². The van der Waals surface area contributed by atoms with Gasteiger partial charge >= 0.3 is 0 Å². The van der Waals surface area contributed by atoms with E-state index in [0.29, 0.717) is 17.0 Å². The zero-order valence-electron chi connectivity index (χ0n) is 21.9. The van der Waals surface area contributed by atoms with Gasteiger partial charge in [0.15, 0.2) is 0 Å². The van der Waals surface area contributed by atoms with E-state index < -0.39 is 16.1 Å². The molecular formula is C31H34N2O5S. The molecule has 1 unspecified atom stereocenters. The monoisotopic (exact) mass is 546 g/mol. The molecule has 0 aliphatic rings. The van der Waals surface area contributed by atoms with Gasteiger partial charge < -0.3 is 20.3 Å². The maximum absolute atomic E-state index is 13.0. The second-order valence-corrected chi connectivity index (χ2v) is 11.2. The number of nitrogens with zero attached hydrogens (tertiary/aromatic N) is 1. The lowest BCUT2D eigenvalue weighted by molar-refractivity contribution is 0.159. The zero-order valence-corrected chi connectivity index (χ0v) is 22.7. The summed E-state index contributed by atoms with van der Waals surface area (Å²) in [5.41, 5.74) is 3.54. The lowest BCUT2D eigenvalue weighted by Crippen LogP contribution is -2.31. The minimum Gasteiger partial charge on any atom is -0.487 e. The molecule has 0 aromatic heterocycles. The van der Waals surface area contributed by atoms with Gasteiger partial charge in [0.2, 0.25) is 10.0 Å². The molecular weight excluding hydrogens is 512 g/mol. The first kappa shape index (κ1) is 28.3. The number of ether oxygens (including phenoxy) is 1. The van der Waals surface area contributed by atoms with E-state index in [9.17, 15) is 18.6 Å². The first-order chi connectivity index (χ1) is 18.8. The Balaban J connectivity index is 1.63. The molecule has 0 fully saturated rings. The van der Waals surface area contributed by atoms with E-state index in [-0.39, 0.29) is 32.3 Å². The normalized spacial score (nSPS) is 13.0. The smallest absolute Gasteiger partial charge is 0.232 e. The summed E-state index contributed by atoms with van der Waals surface area (Å²) in [6.07, 6.45) is 0.204. The molecule has 0 aliphatic heterocycles. The predicted octanol–water partition coefficient (Wildman–Crippen LogP) is 4.59. The van der Waals surface area contributed by atoms with Crippen molar-refractivity contribution in [2.75, 3.05) is 23.7 Å². The highest BCUT2D eigenvalue weighted by molar-refractivity contribution is 7.92. The molecule has 8 heteroatoms. The Bertz CT molecular complexity index is 1420. The SMILES string of the molecule is CS(=O)(=O)N(Cc1ccccc1)c1cc(C(O)CN[C@H](CO)c2ccccc2)ccc1OCc1ccccc1. The Hall–Kier alpha value is -3.69. The number of anilines is 1. The Morgan fingerprint density at radius 3 is 2.00 bits per heavy atom. The van der Waals surface area contributed by atoms with Crippen molar-refractivity contribution in [3.05, 3.63) is 131 Å². The third kappa shape index (κ3) is 7.91. The molecule has 4 rings (SSSR count). The standard InChI is InChI=1S/C31H34N2O5S/c1-39(36,37)33(21-24-11-5-2-6-12-24)29-19-27(17-18-31(29)38-23-25-13-7-3-8-14-25)30(35)20-32-28(22-34)26-15-9-4-10-16-26/h2-19,28,30,32,34-35H,20-23H2,1H3/t28-,30?/m1/s1. The van der Waals surface area contributed by atoms with E-state index >= 15 is 0 Å². The molecule has 0 saturated heterocycles. The Morgan fingerprint density at radius 1 is 0.821 bits per heavy atom. The number of benzene rings is 4. The van der Waals surface area contributed by atoms with E-state index in [0.717, 1.165) is 22.9 Å². The molecule has 0 radical (unpaired) electrons. The predicted molar refractivity (Wildman–Crippen MR) is 154 cm³/mol. The van der Waals surface area contributed by atoms with Crippen LogP contribution in [-0.4, -0.2) is 38.0 Å². The summed E-state index contributed by atoms with van der Waals surface area (Å²) in [5, 5.41) is 24.1. The topological polar surface area (TPSA) is 99.1 Å². The molecule has 0 saturated carbocycles. The summed E-state index contributed by atoms with van der Waals surface area (Å²) < 4.78 is 33.5. The number of aliphatic hydroxyl groups excluding tert-OH is 2. The van der Waals surface area contributed by atoms with Crippen LogP contribution in [0.1, 0.15) is 34.4 Å². The van der Waals surface area contributed by atoms with Gasteiger partial charge in [0.1, 0.15) is 12.4 Å². The summed E-state index contributed by atoms with van der Waals surface area (Å²) in [6, 6.07) is 33.2. The first-order valence-corrected chi connectivity index (χ1v) is 14.6. The van der Waals surface area contributed by atoms with Gasteiger partial charge in [-0.05, 0) is 34.4 Å². The van der Waals surface area contributed by atoms with E-state index in [2.05, 4.69) is 5.32 Å². The van der Waals surface area contributed by atoms with Gasteiger partial charge in [-0.25, -0.2) is 8.42 Å². The quantitative estimate of drug-likeness (QED) is 0.227. The van der Waals surface area contributed by atoms with E-state index in [1.54, 1.807) is 18.2 Å². The molecule has 39 heavy (non-hydrogen) atoms. The van der Waals surface area contributed by atoms with Gasteiger partial charge in [-0.15, -0.1) is 0 Å². The molecule has 2 atom stereocenters. The lowest BCUT2D eigenvalue weighted by atomic mass is 10.1. The van der Waals surface area contributed by atoms with Crippen molar-refractivity contribution in [3.63, 3.8) is 0 Å². The van der Waals surface area contributed by atoms with Crippen LogP contribution in [-0.2, 0) is 23.2 Å². The highest BCUT2D eigenvalue weighted by Gasteiger charge is 2.24. The van der Waals surface area contributed by atoms with Crippen LogP contribution < -0.4 is 14.4 Å². The molecule has 0 amide bonds. The maximum Gasteiger partial charge on any atom is 0.232 e. The van der Waals surface area contributed by atoms with Crippen molar-refractivity contribution in [2.45, 2.75) is 25.3 Å². The summed E-state index contributed by atoms with van der Waals surface area (Å²) >= 11 is 0. The van der Waals surface area contributed by atoms with Crippen LogP contribution in [0.25, 0.3) is 0 Å². The second-order valence-electron chi connectivity index (χ2n) is 9.33. The van der Waals surface area contributed by atoms with Crippen molar-refractivity contribution >= 4 is 15.7 Å². The third-order valence-electron chi connectivity index (χ3n) is 6.39.